The fraction of sp³-hybridized carbons (Fsp3) is 0.833. The fourth-order valence-corrected chi connectivity index (χ4v) is 1.06. The number of rotatable bonds is 5. The first-order valence-corrected chi connectivity index (χ1v) is 5.37. The Morgan fingerprint density at radius 3 is 2.58 bits per heavy atom. The normalized spacial score (nSPS) is 13.3. The zero-order chi connectivity index (χ0) is 9.61. The van der Waals surface area contributed by atoms with Gasteiger partial charge in [0.05, 0.1) is 18.1 Å². The van der Waals surface area contributed by atoms with Crippen molar-refractivity contribution in [2.75, 3.05) is 19.3 Å². The third kappa shape index (κ3) is 5.09. The van der Waals surface area contributed by atoms with Crippen molar-refractivity contribution in [1.29, 1.82) is 0 Å². The summed E-state index contributed by atoms with van der Waals surface area (Å²) in [6.45, 7) is 2.09. The molecule has 0 bridgehead atoms. The summed E-state index contributed by atoms with van der Waals surface area (Å²) in [4.78, 5) is 3.85. The summed E-state index contributed by atoms with van der Waals surface area (Å²) in [7, 11) is -1.76. The van der Waals surface area contributed by atoms with E-state index in [2.05, 4.69) is 9.71 Å². The van der Waals surface area contributed by atoms with Crippen LogP contribution in [0.4, 0.5) is 0 Å². The maximum absolute atomic E-state index is 10.8. The van der Waals surface area contributed by atoms with Crippen molar-refractivity contribution in [2.45, 2.75) is 13.3 Å². The maximum atomic E-state index is 10.8. The molecule has 0 spiro atoms. The topological polar surface area (TPSA) is 84.5 Å². The van der Waals surface area contributed by atoms with Crippen LogP contribution in [-0.2, 0) is 10.0 Å². The number of nitrogens with two attached hydrogens (primary N) is 1. The minimum atomic E-state index is -3.14. The van der Waals surface area contributed by atoms with Gasteiger partial charge >= 0.3 is 0 Å². The lowest BCUT2D eigenvalue weighted by molar-refractivity contribution is 0.588. The van der Waals surface area contributed by atoms with Crippen molar-refractivity contribution in [2.24, 2.45) is 10.7 Å². The maximum Gasteiger partial charge on any atom is 0.213 e. The molecule has 0 aliphatic rings. The Morgan fingerprint density at radius 1 is 1.58 bits per heavy atom. The molecule has 0 amide bonds. The van der Waals surface area contributed by atoms with E-state index in [1.165, 1.54) is 7.05 Å². The number of amidine groups is 1. The van der Waals surface area contributed by atoms with Gasteiger partial charge in [-0.15, -0.1) is 0 Å². The summed E-state index contributed by atoms with van der Waals surface area (Å²) >= 11 is 0. The second-order valence-corrected chi connectivity index (χ2v) is 4.30. The Labute approximate surface area is 73.1 Å². The predicted octanol–water partition coefficient (Wildman–Crippen LogP) is -0.697. The highest BCUT2D eigenvalue weighted by Gasteiger charge is 2.04. The number of nitrogens with zero attached hydrogens (tertiary/aromatic N) is 1. The van der Waals surface area contributed by atoms with E-state index < -0.39 is 10.0 Å². The van der Waals surface area contributed by atoms with E-state index in [1.54, 1.807) is 0 Å². The predicted molar refractivity (Wildman–Crippen MR) is 49.6 cm³/mol. The van der Waals surface area contributed by atoms with Crippen LogP contribution in [0.3, 0.4) is 0 Å². The average molecular weight is 193 g/mol. The lowest BCUT2D eigenvalue weighted by Gasteiger charge is -1.99. The molecule has 0 radical (unpaired) electrons. The van der Waals surface area contributed by atoms with Gasteiger partial charge in [-0.25, -0.2) is 13.1 Å². The van der Waals surface area contributed by atoms with Crippen LogP contribution in [0.25, 0.3) is 0 Å². The molecule has 0 atom stereocenters. The zero-order valence-electron chi connectivity index (χ0n) is 7.37. The number of sulfonamides is 1. The van der Waals surface area contributed by atoms with E-state index >= 15 is 0 Å². The molecule has 0 saturated heterocycles. The van der Waals surface area contributed by atoms with Crippen molar-refractivity contribution in [3.8, 4) is 0 Å². The van der Waals surface area contributed by atoms with E-state index in [0.29, 0.717) is 12.3 Å². The number of hydrogen-bond donors (Lipinski definition) is 2. The summed E-state index contributed by atoms with van der Waals surface area (Å²) in [6, 6.07) is 0. The Bertz CT molecular complexity index is 246. The molecule has 12 heavy (non-hydrogen) atoms. The van der Waals surface area contributed by atoms with Gasteiger partial charge in [0.15, 0.2) is 0 Å². The lowest BCUT2D eigenvalue weighted by Crippen LogP contribution is -2.24. The molecule has 0 aliphatic heterocycles. The van der Waals surface area contributed by atoms with Crippen LogP contribution in [0.5, 0.6) is 0 Å². The number of hydrogen-bond acceptors (Lipinski definition) is 3. The van der Waals surface area contributed by atoms with Gasteiger partial charge in [0.1, 0.15) is 0 Å². The van der Waals surface area contributed by atoms with Crippen LogP contribution in [0.15, 0.2) is 4.99 Å². The molecule has 0 aliphatic carbocycles. The second-order valence-electron chi connectivity index (χ2n) is 2.25. The summed E-state index contributed by atoms with van der Waals surface area (Å²) in [5, 5.41) is 0. The monoisotopic (exact) mass is 193 g/mol. The summed E-state index contributed by atoms with van der Waals surface area (Å²) in [6.07, 6.45) is 0.652. The summed E-state index contributed by atoms with van der Waals surface area (Å²) < 4.78 is 23.9. The Kier molecular flexibility index (Phi) is 4.84. The van der Waals surface area contributed by atoms with Crippen LogP contribution in [0.2, 0.25) is 0 Å². The Hall–Kier alpha value is -0.620. The van der Waals surface area contributed by atoms with Gasteiger partial charge in [-0.3, -0.25) is 4.99 Å². The molecule has 0 aromatic carbocycles. The molecule has 0 fully saturated rings. The van der Waals surface area contributed by atoms with E-state index in [4.69, 9.17) is 5.73 Å². The molecule has 5 nitrogen and oxygen atoms in total. The standard InChI is InChI=1S/C6H15N3O2S/c1-3-6(7)9-4-5-12(10,11)8-2/h8H,3-5H2,1-2H3,(H2,7,9). The summed E-state index contributed by atoms with van der Waals surface area (Å²) in [5.41, 5.74) is 5.38. The largest absolute Gasteiger partial charge is 0.387 e. The quantitative estimate of drug-likeness (QED) is 0.447. The zero-order valence-corrected chi connectivity index (χ0v) is 8.19. The van der Waals surface area contributed by atoms with Gasteiger partial charge in [0.2, 0.25) is 10.0 Å². The minimum Gasteiger partial charge on any atom is -0.387 e. The molecule has 0 saturated carbocycles. The molecule has 6 heteroatoms. The highest BCUT2D eigenvalue weighted by molar-refractivity contribution is 7.89. The highest BCUT2D eigenvalue weighted by Crippen LogP contribution is 1.84. The first-order valence-electron chi connectivity index (χ1n) is 3.72. The smallest absolute Gasteiger partial charge is 0.213 e. The molecular weight excluding hydrogens is 178 g/mol. The third-order valence-corrected chi connectivity index (χ3v) is 2.69. The van der Waals surface area contributed by atoms with Gasteiger partial charge < -0.3 is 5.73 Å². The average Bonchev–Trinajstić information content (AvgIpc) is 2.04. The minimum absolute atomic E-state index is 0.00972. The Morgan fingerprint density at radius 2 is 2.17 bits per heavy atom. The summed E-state index contributed by atoms with van der Waals surface area (Å²) in [5.74, 6) is 0.478. The van der Waals surface area contributed by atoms with Gasteiger partial charge in [-0.2, -0.15) is 0 Å². The van der Waals surface area contributed by atoms with Crippen molar-refractivity contribution in [3.05, 3.63) is 0 Å². The first kappa shape index (κ1) is 11.4. The molecule has 0 heterocycles. The van der Waals surface area contributed by atoms with Crippen molar-refractivity contribution < 1.29 is 8.42 Å². The molecule has 0 aromatic heterocycles. The van der Waals surface area contributed by atoms with E-state index in [9.17, 15) is 8.42 Å². The van der Waals surface area contributed by atoms with Crippen LogP contribution in [-0.4, -0.2) is 33.6 Å². The van der Waals surface area contributed by atoms with E-state index in [0.717, 1.165) is 0 Å². The van der Waals surface area contributed by atoms with Gasteiger partial charge in [0.25, 0.3) is 0 Å². The molecule has 0 rings (SSSR count). The SMILES string of the molecule is CCC(N)=NCCS(=O)(=O)NC. The van der Waals surface area contributed by atoms with Crippen LogP contribution >= 0.6 is 0 Å². The van der Waals surface area contributed by atoms with E-state index in [-0.39, 0.29) is 12.3 Å². The van der Waals surface area contributed by atoms with Crippen LogP contribution in [0.1, 0.15) is 13.3 Å². The highest BCUT2D eigenvalue weighted by atomic mass is 32.2. The van der Waals surface area contributed by atoms with Gasteiger partial charge in [0, 0.05) is 6.42 Å². The lowest BCUT2D eigenvalue weighted by atomic mass is 10.4. The van der Waals surface area contributed by atoms with Crippen molar-refractivity contribution in [1.82, 2.24) is 4.72 Å². The molecule has 3 N–H and O–H groups in total. The molecule has 0 aromatic rings. The van der Waals surface area contributed by atoms with Crippen LogP contribution < -0.4 is 10.5 Å². The van der Waals surface area contributed by atoms with E-state index in [1.807, 2.05) is 6.92 Å². The van der Waals surface area contributed by atoms with Crippen molar-refractivity contribution in [3.63, 3.8) is 0 Å². The third-order valence-electron chi connectivity index (χ3n) is 1.35. The Balaban J connectivity index is 3.86. The van der Waals surface area contributed by atoms with Crippen molar-refractivity contribution >= 4 is 15.9 Å². The van der Waals surface area contributed by atoms with Crippen LogP contribution in [0, 0.1) is 0 Å². The fourth-order valence-electron chi connectivity index (χ4n) is 0.523. The molecular formula is C6H15N3O2S. The second kappa shape index (κ2) is 5.10. The molecule has 72 valence electrons. The van der Waals surface area contributed by atoms with Gasteiger partial charge in [-0.05, 0) is 7.05 Å². The van der Waals surface area contributed by atoms with Gasteiger partial charge in [-0.1, -0.05) is 6.92 Å². The first-order chi connectivity index (χ1) is 5.52. The molecule has 0 unspecified atom stereocenters. The number of nitrogens with one attached hydrogen (secondary N) is 1. The number of aliphatic imine (C=N–C) groups is 1.